The van der Waals surface area contributed by atoms with Crippen LogP contribution in [0.5, 0.6) is 0 Å². The summed E-state index contributed by atoms with van der Waals surface area (Å²) in [5, 5.41) is 0. The Balaban J connectivity index is 1.81. The number of rotatable bonds is 3. The lowest BCUT2D eigenvalue weighted by Crippen LogP contribution is -2.31. The van der Waals surface area contributed by atoms with Crippen LogP contribution in [0.3, 0.4) is 0 Å². The van der Waals surface area contributed by atoms with Crippen molar-refractivity contribution in [3.63, 3.8) is 0 Å². The van der Waals surface area contributed by atoms with Gasteiger partial charge in [0.1, 0.15) is 11.6 Å². The van der Waals surface area contributed by atoms with E-state index in [4.69, 9.17) is 5.73 Å². The van der Waals surface area contributed by atoms with Gasteiger partial charge in [0.25, 0.3) is 0 Å². The molecule has 0 saturated carbocycles. The third kappa shape index (κ3) is 3.16. The first-order chi connectivity index (χ1) is 7.34. The number of hydrogen-bond donors (Lipinski definition) is 1. The Morgan fingerprint density at radius 3 is 2.80 bits per heavy atom. The summed E-state index contributed by atoms with van der Waals surface area (Å²) < 4.78 is 0. The Morgan fingerprint density at radius 1 is 1.27 bits per heavy atom. The molecule has 1 aliphatic heterocycles. The molecule has 2 rings (SSSR count). The number of hydrogen-bond acceptors (Lipinski definition) is 4. The van der Waals surface area contributed by atoms with Crippen LogP contribution >= 0.6 is 0 Å². The minimum atomic E-state index is 0.568. The quantitative estimate of drug-likeness (QED) is 0.804. The van der Waals surface area contributed by atoms with E-state index in [1.165, 1.54) is 32.4 Å². The van der Waals surface area contributed by atoms with E-state index in [0.29, 0.717) is 5.82 Å². The molecule has 82 valence electrons. The highest BCUT2D eigenvalue weighted by molar-refractivity contribution is 5.25. The lowest BCUT2D eigenvalue weighted by molar-refractivity contribution is 0.230. The second-order valence-corrected chi connectivity index (χ2v) is 4.05. The van der Waals surface area contributed by atoms with E-state index in [9.17, 15) is 0 Å². The fourth-order valence-corrected chi connectivity index (χ4v) is 1.98. The first-order valence-corrected chi connectivity index (χ1v) is 5.64. The van der Waals surface area contributed by atoms with Gasteiger partial charge in [0, 0.05) is 19.2 Å². The van der Waals surface area contributed by atoms with Crippen LogP contribution in [0.1, 0.15) is 25.1 Å². The molecule has 0 atom stereocenters. The lowest BCUT2D eigenvalue weighted by Gasteiger charge is -2.25. The van der Waals surface area contributed by atoms with Crippen LogP contribution in [0.15, 0.2) is 12.3 Å². The van der Waals surface area contributed by atoms with Gasteiger partial charge in [-0.05, 0) is 32.0 Å². The molecular weight excluding hydrogens is 188 g/mol. The number of nitrogen functional groups attached to an aromatic ring is 1. The average molecular weight is 206 g/mol. The molecule has 1 aromatic heterocycles. The van der Waals surface area contributed by atoms with Gasteiger partial charge in [-0.1, -0.05) is 6.42 Å². The molecule has 0 radical (unpaired) electrons. The zero-order valence-corrected chi connectivity index (χ0v) is 9.02. The van der Waals surface area contributed by atoms with E-state index in [1.807, 2.05) is 0 Å². The van der Waals surface area contributed by atoms with Crippen molar-refractivity contribution in [2.45, 2.75) is 25.7 Å². The summed E-state index contributed by atoms with van der Waals surface area (Å²) in [6, 6.07) is 1.73. The molecule has 1 aliphatic rings. The summed E-state index contributed by atoms with van der Waals surface area (Å²) >= 11 is 0. The Hall–Kier alpha value is -1.16. The molecule has 2 heterocycles. The first-order valence-electron chi connectivity index (χ1n) is 5.64. The summed E-state index contributed by atoms with van der Waals surface area (Å²) in [5.74, 6) is 1.43. The van der Waals surface area contributed by atoms with Crippen LogP contribution in [0.25, 0.3) is 0 Å². The minimum absolute atomic E-state index is 0.568. The molecular formula is C11H18N4. The molecule has 1 aromatic rings. The Kier molecular flexibility index (Phi) is 3.50. The van der Waals surface area contributed by atoms with Crippen molar-refractivity contribution in [3.05, 3.63) is 18.1 Å². The second kappa shape index (κ2) is 5.07. The third-order valence-corrected chi connectivity index (χ3v) is 2.83. The molecule has 0 unspecified atom stereocenters. The first kappa shape index (κ1) is 10.4. The van der Waals surface area contributed by atoms with Crippen LogP contribution < -0.4 is 5.73 Å². The van der Waals surface area contributed by atoms with Crippen LogP contribution in [-0.2, 0) is 6.42 Å². The van der Waals surface area contributed by atoms with Crippen LogP contribution in [-0.4, -0.2) is 34.5 Å². The Labute approximate surface area is 90.5 Å². The number of nitrogens with two attached hydrogens (primary N) is 1. The average Bonchev–Trinajstić information content (AvgIpc) is 2.28. The number of aromatic nitrogens is 2. The molecule has 4 nitrogen and oxygen atoms in total. The molecule has 1 fully saturated rings. The summed E-state index contributed by atoms with van der Waals surface area (Å²) in [6.07, 6.45) is 6.68. The third-order valence-electron chi connectivity index (χ3n) is 2.83. The highest BCUT2D eigenvalue weighted by Crippen LogP contribution is 2.09. The number of likely N-dealkylation sites (tertiary alicyclic amines) is 1. The van der Waals surface area contributed by atoms with Crippen LogP contribution in [0.2, 0.25) is 0 Å². The maximum Gasteiger partial charge on any atom is 0.131 e. The second-order valence-electron chi connectivity index (χ2n) is 4.05. The smallest absolute Gasteiger partial charge is 0.131 e. The van der Waals surface area contributed by atoms with Crippen molar-refractivity contribution in [2.75, 3.05) is 25.4 Å². The predicted molar refractivity (Wildman–Crippen MR) is 60.4 cm³/mol. The van der Waals surface area contributed by atoms with Crippen molar-refractivity contribution in [1.82, 2.24) is 14.9 Å². The SMILES string of the molecule is Nc1ccnc(CCN2CCCCC2)n1. The lowest BCUT2D eigenvalue weighted by atomic mass is 10.1. The zero-order chi connectivity index (χ0) is 10.5. The van der Waals surface area contributed by atoms with Crippen LogP contribution in [0, 0.1) is 0 Å². The summed E-state index contributed by atoms with van der Waals surface area (Å²) in [5.41, 5.74) is 5.60. The van der Waals surface area contributed by atoms with Crippen molar-refractivity contribution in [2.24, 2.45) is 0 Å². The Morgan fingerprint density at radius 2 is 2.07 bits per heavy atom. The van der Waals surface area contributed by atoms with E-state index in [2.05, 4.69) is 14.9 Å². The van der Waals surface area contributed by atoms with E-state index >= 15 is 0 Å². The highest BCUT2D eigenvalue weighted by atomic mass is 15.1. The molecule has 15 heavy (non-hydrogen) atoms. The van der Waals surface area contributed by atoms with Gasteiger partial charge < -0.3 is 10.6 Å². The van der Waals surface area contributed by atoms with Gasteiger partial charge in [-0.2, -0.15) is 0 Å². The van der Waals surface area contributed by atoms with Gasteiger partial charge in [0.05, 0.1) is 0 Å². The van der Waals surface area contributed by atoms with E-state index in [0.717, 1.165) is 18.8 Å². The van der Waals surface area contributed by atoms with Crippen molar-refractivity contribution in [1.29, 1.82) is 0 Å². The van der Waals surface area contributed by atoms with E-state index < -0.39 is 0 Å². The number of piperidine rings is 1. The molecule has 0 bridgehead atoms. The summed E-state index contributed by atoms with van der Waals surface area (Å²) in [6.45, 7) is 3.51. The van der Waals surface area contributed by atoms with Crippen molar-refractivity contribution >= 4 is 5.82 Å². The molecule has 0 aliphatic carbocycles. The fourth-order valence-electron chi connectivity index (χ4n) is 1.98. The largest absolute Gasteiger partial charge is 0.384 e. The minimum Gasteiger partial charge on any atom is -0.384 e. The van der Waals surface area contributed by atoms with E-state index in [1.54, 1.807) is 12.3 Å². The van der Waals surface area contributed by atoms with Crippen LogP contribution in [0.4, 0.5) is 5.82 Å². The highest BCUT2D eigenvalue weighted by Gasteiger charge is 2.10. The van der Waals surface area contributed by atoms with Gasteiger partial charge in [-0.3, -0.25) is 0 Å². The fraction of sp³-hybridized carbons (Fsp3) is 0.636. The molecule has 0 spiro atoms. The van der Waals surface area contributed by atoms with Crippen molar-refractivity contribution < 1.29 is 0 Å². The summed E-state index contributed by atoms with van der Waals surface area (Å²) in [4.78, 5) is 10.9. The normalized spacial score (nSPS) is 17.9. The molecule has 0 amide bonds. The maximum atomic E-state index is 5.60. The van der Waals surface area contributed by atoms with Gasteiger partial charge in [0.15, 0.2) is 0 Å². The van der Waals surface area contributed by atoms with Gasteiger partial charge in [-0.25, -0.2) is 9.97 Å². The topological polar surface area (TPSA) is 55.0 Å². The monoisotopic (exact) mass is 206 g/mol. The van der Waals surface area contributed by atoms with E-state index in [-0.39, 0.29) is 0 Å². The molecule has 1 saturated heterocycles. The summed E-state index contributed by atoms with van der Waals surface area (Å²) in [7, 11) is 0. The molecule has 0 aromatic carbocycles. The van der Waals surface area contributed by atoms with Gasteiger partial charge in [-0.15, -0.1) is 0 Å². The predicted octanol–water partition coefficient (Wildman–Crippen LogP) is 1.09. The van der Waals surface area contributed by atoms with Gasteiger partial charge >= 0.3 is 0 Å². The maximum absolute atomic E-state index is 5.60. The Bertz CT molecular complexity index is 307. The molecule has 2 N–H and O–H groups in total. The van der Waals surface area contributed by atoms with Crippen molar-refractivity contribution in [3.8, 4) is 0 Å². The number of anilines is 1. The zero-order valence-electron chi connectivity index (χ0n) is 9.02. The number of nitrogens with zero attached hydrogens (tertiary/aromatic N) is 3. The molecule has 4 heteroatoms. The standard InChI is InChI=1S/C11H18N4/c12-10-4-6-13-11(14-10)5-9-15-7-2-1-3-8-15/h4,6H,1-3,5,7-9H2,(H2,12,13,14). The van der Waals surface area contributed by atoms with Gasteiger partial charge in [0.2, 0.25) is 0 Å².